The summed E-state index contributed by atoms with van der Waals surface area (Å²) in [6.07, 6.45) is -4.33. The van der Waals surface area contributed by atoms with Crippen LogP contribution in [-0.2, 0) is 19.3 Å². The fourth-order valence-corrected chi connectivity index (χ4v) is 2.92. The first kappa shape index (κ1) is 24.5. The van der Waals surface area contributed by atoms with Crippen molar-refractivity contribution in [1.82, 2.24) is 15.6 Å². The Balaban J connectivity index is 0.00000392. The fourth-order valence-electron chi connectivity index (χ4n) is 2.18. The lowest BCUT2D eigenvalue weighted by atomic mass is 10.2. The quantitative estimate of drug-likeness (QED) is 0.308. The number of hydrogen-bond donors (Lipinski definition) is 2. The summed E-state index contributed by atoms with van der Waals surface area (Å²) in [6.45, 7) is 7.05. The Morgan fingerprint density at radius 1 is 1.29 bits per heavy atom. The van der Waals surface area contributed by atoms with Gasteiger partial charge in [-0.3, -0.25) is 0 Å². The van der Waals surface area contributed by atoms with E-state index in [4.69, 9.17) is 4.74 Å². The monoisotopic (exact) mass is 528 g/mol. The predicted octanol–water partition coefficient (Wildman–Crippen LogP) is 4.82. The largest absolute Gasteiger partial charge is 0.491 e. The van der Waals surface area contributed by atoms with Crippen molar-refractivity contribution in [3.8, 4) is 5.75 Å². The highest BCUT2D eigenvalue weighted by Crippen LogP contribution is 2.29. The number of thiazole rings is 1. The predicted molar refractivity (Wildman–Crippen MR) is 116 cm³/mol. The Kier molecular flexibility index (Phi) is 10.0. The van der Waals surface area contributed by atoms with E-state index in [1.807, 2.05) is 45.0 Å². The normalized spacial score (nSPS) is 11.9. The molecule has 0 aliphatic heterocycles. The van der Waals surface area contributed by atoms with Gasteiger partial charge in [0.25, 0.3) is 0 Å². The fraction of sp³-hybridized carbons (Fsp3) is 0.444. The van der Waals surface area contributed by atoms with Crippen LogP contribution >= 0.6 is 35.3 Å². The van der Waals surface area contributed by atoms with Crippen LogP contribution in [-0.4, -0.2) is 23.6 Å². The molecular weight excluding hydrogens is 504 g/mol. The molecule has 5 nitrogen and oxygen atoms in total. The smallest absolute Gasteiger partial charge is 0.434 e. The number of halogens is 4. The molecule has 0 saturated carbocycles. The van der Waals surface area contributed by atoms with Crippen LogP contribution in [0.5, 0.6) is 5.75 Å². The molecule has 0 amide bonds. The molecule has 0 unspecified atom stereocenters. The molecule has 1 aromatic heterocycles. The van der Waals surface area contributed by atoms with Crippen molar-refractivity contribution in [2.45, 2.75) is 46.1 Å². The van der Waals surface area contributed by atoms with Gasteiger partial charge in [-0.15, -0.1) is 35.3 Å². The molecule has 0 radical (unpaired) electrons. The number of guanidine groups is 1. The zero-order chi connectivity index (χ0) is 19.9. The molecule has 2 N–H and O–H groups in total. The lowest BCUT2D eigenvalue weighted by Gasteiger charge is -2.12. The molecule has 0 spiro atoms. The van der Waals surface area contributed by atoms with Crippen molar-refractivity contribution in [3.05, 3.63) is 45.9 Å². The van der Waals surface area contributed by atoms with Crippen molar-refractivity contribution in [1.29, 1.82) is 0 Å². The Bertz CT molecular complexity index is 765. The second-order valence-corrected chi connectivity index (χ2v) is 6.93. The van der Waals surface area contributed by atoms with E-state index in [0.717, 1.165) is 28.0 Å². The Morgan fingerprint density at radius 2 is 2.04 bits per heavy atom. The number of nitrogens with zero attached hydrogens (tertiary/aromatic N) is 2. The molecule has 1 aromatic carbocycles. The van der Waals surface area contributed by atoms with Crippen LogP contribution in [0.1, 0.15) is 37.0 Å². The molecule has 2 aromatic rings. The number of alkyl halides is 3. The molecule has 28 heavy (non-hydrogen) atoms. The van der Waals surface area contributed by atoms with Gasteiger partial charge in [-0.25, -0.2) is 9.98 Å². The van der Waals surface area contributed by atoms with Crippen molar-refractivity contribution in [3.63, 3.8) is 0 Å². The van der Waals surface area contributed by atoms with Gasteiger partial charge in [0.05, 0.1) is 19.2 Å². The maximum atomic E-state index is 12.6. The summed E-state index contributed by atoms with van der Waals surface area (Å²) in [7, 11) is 0. The van der Waals surface area contributed by atoms with Crippen molar-refractivity contribution in [2.24, 2.45) is 4.99 Å². The van der Waals surface area contributed by atoms with E-state index >= 15 is 0 Å². The molecule has 0 saturated heterocycles. The number of nitrogens with one attached hydrogen (secondary N) is 2. The first-order valence-electron chi connectivity index (χ1n) is 8.57. The molecule has 0 fully saturated rings. The second-order valence-electron chi connectivity index (χ2n) is 5.99. The second kappa shape index (κ2) is 11.4. The average molecular weight is 528 g/mol. The lowest BCUT2D eigenvalue weighted by molar-refractivity contribution is -0.140. The summed E-state index contributed by atoms with van der Waals surface area (Å²) < 4.78 is 43.5. The first-order valence-corrected chi connectivity index (χ1v) is 9.45. The van der Waals surface area contributed by atoms with Crippen LogP contribution in [0.4, 0.5) is 13.2 Å². The van der Waals surface area contributed by atoms with Gasteiger partial charge in [0.1, 0.15) is 10.8 Å². The van der Waals surface area contributed by atoms with E-state index in [2.05, 4.69) is 20.6 Å². The van der Waals surface area contributed by atoms with Gasteiger partial charge < -0.3 is 15.4 Å². The van der Waals surface area contributed by atoms with Gasteiger partial charge in [0.15, 0.2) is 11.7 Å². The van der Waals surface area contributed by atoms with Gasteiger partial charge in [-0.05, 0) is 38.5 Å². The van der Waals surface area contributed by atoms with Gasteiger partial charge in [-0.1, -0.05) is 12.1 Å². The summed E-state index contributed by atoms with van der Waals surface area (Å²) >= 11 is 0.966. The minimum absolute atomic E-state index is 0. The molecule has 0 atom stereocenters. The Hall–Kier alpha value is -1.56. The van der Waals surface area contributed by atoms with E-state index < -0.39 is 11.9 Å². The van der Waals surface area contributed by atoms with Crippen molar-refractivity contribution in [2.75, 3.05) is 6.54 Å². The molecule has 0 aliphatic rings. The molecule has 1 heterocycles. The highest BCUT2D eigenvalue weighted by Gasteiger charge is 2.33. The summed E-state index contributed by atoms with van der Waals surface area (Å²) in [6, 6.07) is 7.65. The lowest BCUT2D eigenvalue weighted by Crippen LogP contribution is -2.36. The number of rotatable bonds is 7. The van der Waals surface area contributed by atoms with Crippen LogP contribution in [0.3, 0.4) is 0 Å². The Morgan fingerprint density at radius 3 is 2.64 bits per heavy atom. The third-order valence-corrected chi connectivity index (χ3v) is 4.13. The topological polar surface area (TPSA) is 58.5 Å². The van der Waals surface area contributed by atoms with E-state index in [-0.39, 0.29) is 36.6 Å². The van der Waals surface area contributed by atoms with Crippen molar-refractivity contribution >= 4 is 41.3 Å². The standard InChI is InChI=1S/C18H23F3N4OS.HI/c1-4-22-17(24-10-16-25-15(11-27-16)18(19,20)21)23-9-13-6-5-7-14(8-13)26-12(2)3;/h5-8,11-12H,4,9-10H2,1-3H3,(H2,22,23,24);1H. The zero-order valence-electron chi connectivity index (χ0n) is 15.8. The van der Waals surface area contributed by atoms with Crippen LogP contribution < -0.4 is 15.4 Å². The minimum atomic E-state index is -4.42. The molecule has 156 valence electrons. The van der Waals surface area contributed by atoms with Gasteiger partial charge >= 0.3 is 6.18 Å². The Labute approximate surface area is 183 Å². The van der Waals surface area contributed by atoms with E-state index in [1.54, 1.807) is 0 Å². The maximum absolute atomic E-state index is 12.6. The third-order valence-electron chi connectivity index (χ3n) is 3.28. The van der Waals surface area contributed by atoms with Gasteiger partial charge in [0.2, 0.25) is 0 Å². The highest BCUT2D eigenvalue weighted by molar-refractivity contribution is 14.0. The van der Waals surface area contributed by atoms with E-state index in [1.165, 1.54) is 0 Å². The SMILES string of the molecule is CCNC(=NCc1cccc(OC(C)C)c1)NCc1nc(C(F)(F)F)cs1.I. The molecular formula is C18H24F3IN4OS. The molecule has 2 rings (SSSR count). The van der Waals surface area contributed by atoms with Gasteiger partial charge in [-0.2, -0.15) is 13.2 Å². The van der Waals surface area contributed by atoms with E-state index in [0.29, 0.717) is 24.1 Å². The third kappa shape index (κ3) is 8.21. The van der Waals surface area contributed by atoms with E-state index in [9.17, 15) is 13.2 Å². The highest BCUT2D eigenvalue weighted by atomic mass is 127. The number of aliphatic imine (C=N–C) groups is 1. The average Bonchev–Trinajstić information content (AvgIpc) is 3.06. The van der Waals surface area contributed by atoms with Crippen LogP contribution in [0.2, 0.25) is 0 Å². The van der Waals surface area contributed by atoms with Crippen LogP contribution in [0, 0.1) is 0 Å². The van der Waals surface area contributed by atoms with Crippen LogP contribution in [0.25, 0.3) is 0 Å². The number of hydrogen-bond acceptors (Lipinski definition) is 4. The zero-order valence-corrected chi connectivity index (χ0v) is 19.0. The first-order chi connectivity index (χ1) is 12.8. The summed E-state index contributed by atoms with van der Waals surface area (Å²) in [5.74, 6) is 1.29. The molecule has 0 bridgehead atoms. The number of ether oxygens (including phenoxy) is 1. The molecule has 10 heteroatoms. The summed E-state index contributed by atoms with van der Waals surface area (Å²) in [4.78, 5) is 8.07. The summed E-state index contributed by atoms with van der Waals surface area (Å²) in [5, 5.41) is 7.44. The van der Waals surface area contributed by atoms with Gasteiger partial charge in [0, 0.05) is 11.9 Å². The number of aromatic nitrogens is 1. The number of benzene rings is 1. The minimum Gasteiger partial charge on any atom is -0.491 e. The van der Waals surface area contributed by atoms with Crippen LogP contribution in [0.15, 0.2) is 34.6 Å². The van der Waals surface area contributed by atoms with Crippen molar-refractivity contribution < 1.29 is 17.9 Å². The summed E-state index contributed by atoms with van der Waals surface area (Å²) in [5.41, 5.74) is 0.104. The molecule has 0 aliphatic carbocycles. The maximum Gasteiger partial charge on any atom is 0.434 e.